The second kappa shape index (κ2) is 3.98. The smallest absolute Gasteiger partial charge is 0.178 e. The van der Waals surface area contributed by atoms with E-state index in [1.807, 2.05) is 0 Å². The number of anilines is 1. The number of nitrogen functional groups attached to an aromatic ring is 1. The van der Waals surface area contributed by atoms with Gasteiger partial charge in [-0.3, -0.25) is 4.79 Å². The molecule has 0 spiro atoms. The lowest BCUT2D eigenvalue weighted by Crippen LogP contribution is -2.03. The van der Waals surface area contributed by atoms with E-state index in [-0.39, 0.29) is 33.1 Å². The lowest BCUT2D eigenvalue weighted by Gasteiger charge is -2.06. The molecular weight excluding hydrogens is 257 g/mol. The first-order valence-electron chi connectivity index (χ1n) is 3.44. The third kappa shape index (κ3) is 1.95. The number of aromatic hydroxyl groups is 1. The van der Waals surface area contributed by atoms with E-state index < -0.39 is 0 Å². The highest BCUT2D eigenvalue weighted by Crippen LogP contribution is 2.31. The number of carbonyl (C=O) groups is 1. The monoisotopic (exact) mass is 263 g/mol. The highest BCUT2D eigenvalue weighted by Gasteiger charge is 2.15. The quantitative estimate of drug-likeness (QED) is 0.372. The molecule has 0 aliphatic carbocycles. The van der Waals surface area contributed by atoms with E-state index >= 15 is 0 Å². The van der Waals surface area contributed by atoms with Crippen LogP contribution in [0.2, 0.25) is 5.02 Å². The van der Waals surface area contributed by atoms with Crippen LogP contribution in [0.1, 0.15) is 10.4 Å². The maximum Gasteiger partial charge on any atom is 0.178 e. The lowest BCUT2D eigenvalue weighted by molar-refractivity contribution is 0.102. The number of rotatable bonds is 2. The minimum Gasteiger partial charge on any atom is -0.507 e. The number of nitrogens with two attached hydrogens (primary N) is 1. The fourth-order valence-electron chi connectivity index (χ4n) is 0.914. The molecule has 0 heterocycles. The maximum atomic E-state index is 11.3. The summed E-state index contributed by atoms with van der Waals surface area (Å²) in [4.78, 5) is 11.3. The first-order chi connectivity index (χ1) is 6.07. The van der Waals surface area contributed by atoms with E-state index in [0.717, 1.165) is 0 Å². The number of carbonyl (C=O) groups excluding carboxylic acids is 1. The predicted molar refractivity (Wildman–Crippen MR) is 55.7 cm³/mol. The molecule has 0 amide bonds. The van der Waals surface area contributed by atoms with Gasteiger partial charge in [-0.1, -0.05) is 27.5 Å². The Morgan fingerprint density at radius 1 is 1.62 bits per heavy atom. The summed E-state index contributed by atoms with van der Waals surface area (Å²) < 4.78 is 0. The highest BCUT2D eigenvalue weighted by atomic mass is 79.9. The number of ketones is 1. The summed E-state index contributed by atoms with van der Waals surface area (Å²) in [6, 6.07) is 2.79. The van der Waals surface area contributed by atoms with E-state index in [2.05, 4.69) is 15.9 Å². The lowest BCUT2D eigenvalue weighted by atomic mass is 10.1. The zero-order chi connectivity index (χ0) is 10.0. The molecule has 1 rings (SSSR count). The largest absolute Gasteiger partial charge is 0.507 e. The van der Waals surface area contributed by atoms with Gasteiger partial charge in [-0.25, -0.2) is 0 Å². The molecule has 0 radical (unpaired) electrons. The van der Waals surface area contributed by atoms with Crippen LogP contribution in [0.5, 0.6) is 5.75 Å². The molecule has 0 unspecified atom stereocenters. The van der Waals surface area contributed by atoms with Gasteiger partial charge in [0.15, 0.2) is 5.78 Å². The standard InChI is InChI=1S/C8H7BrClNO2/c9-3-6(13)7-5(12)2-1-4(11)8(7)10/h1-2,12H,3,11H2. The minimum absolute atomic E-state index is 0.0681. The Labute approximate surface area is 88.6 Å². The first-order valence-corrected chi connectivity index (χ1v) is 4.94. The summed E-state index contributed by atoms with van der Waals surface area (Å²) in [5, 5.41) is 9.54. The molecule has 3 N–H and O–H groups in total. The molecule has 0 aliphatic rings. The molecule has 0 bridgehead atoms. The van der Waals surface area contributed by atoms with E-state index in [1.54, 1.807) is 0 Å². The fraction of sp³-hybridized carbons (Fsp3) is 0.125. The van der Waals surface area contributed by atoms with Crippen molar-refractivity contribution in [2.24, 2.45) is 0 Å². The zero-order valence-electron chi connectivity index (χ0n) is 6.55. The highest BCUT2D eigenvalue weighted by molar-refractivity contribution is 9.09. The topological polar surface area (TPSA) is 63.3 Å². The van der Waals surface area contributed by atoms with Gasteiger partial charge in [-0.2, -0.15) is 0 Å². The van der Waals surface area contributed by atoms with Gasteiger partial charge < -0.3 is 10.8 Å². The van der Waals surface area contributed by atoms with Gasteiger partial charge in [0, 0.05) is 0 Å². The number of hydrogen-bond donors (Lipinski definition) is 2. The van der Waals surface area contributed by atoms with E-state index in [4.69, 9.17) is 17.3 Å². The number of hydrogen-bond acceptors (Lipinski definition) is 3. The maximum absolute atomic E-state index is 11.3. The van der Waals surface area contributed by atoms with Crippen LogP contribution in [-0.4, -0.2) is 16.2 Å². The summed E-state index contributed by atoms with van der Waals surface area (Å²) in [6.45, 7) is 0. The molecule has 13 heavy (non-hydrogen) atoms. The number of phenolic OH excluding ortho intramolecular Hbond substituents is 1. The molecule has 0 aromatic heterocycles. The normalized spacial score (nSPS) is 10.0. The van der Waals surface area contributed by atoms with Crippen LogP contribution >= 0.6 is 27.5 Å². The Hall–Kier alpha value is -0.740. The van der Waals surface area contributed by atoms with Crippen molar-refractivity contribution in [3.63, 3.8) is 0 Å². The molecule has 0 fully saturated rings. The Morgan fingerprint density at radius 3 is 2.77 bits per heavy atom. The van der Waals surface area contributed by atoms with Crippen LogP contribution < -0.4 is 5.73 Å². The van der Waals surface area contributed by atoms with Gasteiger partial charge in [0.25, 0.3) is 0 Å². The van der Waals surface area contributed by atoms with Gasteiger partial charge >= 0.3 is 0 Å². The van der Waals surface area contributed by atoms with Crippen LogP contribution in [0.25, 0.3) is 0 Å². The molecule has 70 valence electrons. The molecule has 5 heteroatoms. The molecule has 0 saturated carbocycles. The van der Waals surface area contributed by atoms with E-state index in [1.165, 1.54) is 12.1 Å². The van der Waals surface area contributed by atoms with E-state index in [9.17, 15) is 9.90 Å². The molecule has 0 atom stereocenters. The summed E-state index contributed by atoms with van der Waals surface area (Å²) in [6.07, 6.45) is 0. The second-order valence-electron chi connectivity index (χ2n) is 2.42. The molecule has 0 aliphatic heterocycles. The van der Waals surface area contributed by atoms with Crippen molar-refractivity contribution in [2.75, 3.05) is 11.1 Å². The van der Waals surface area contributed by atoms with Gasteiger partial charge in [0.1, 0.15) is 5.75 Å². The van der Waals surface area contributed by atoms with Crippen molar-refractivity contribution in [3.05, 3.63) is 22.7 Å². The molecule has 1 aromatic rings. The Kier molecular flexibility index (Phi) is 3.17. The number of phenols is 1. The summed E-state index contributed by atoms with van der Waals surface area (Å²) in [7, 11) is 0. The van der Waals surface area contributed by atoms with Crippen molar-refractivity contribution in [3.8, 4) is 5.75 Å². The molecule has 3 nitrogen and oxygen atoms in total. The number of halogens is 2. The van der Waals surface area contributed by atoms with Gasteiger partial charge in [0.2, 0.25) is 0 Å². The van der Waals surface area contributed by atoms with Crippen LogP contribution in [0.15, 0.2) is 12.1 Å². The molecule has 1 aromatic carbocycles. The number of benzene rings is 1. The SMILES string of the molecule is Nc1ccc(O)c(C(=O)CBr)c1Cl. The number of Topliss-reactive ketones (excluding diaryl/α,β-unsaturated/α-hetero) is 1. The Bertz CT molecular complexity index is 354. The third-order valence-corrected chi connectivity index (χ3v) is 2.47. The van der Waals surface area contributed by atoms with Crippen molar-refractivity contribution >= 4 is 39.0 Å². The van der Waals surface area contributed by atoms with Crippen molar-refractivity contribution < 1.29 is 9.90 Å². The molecule has 0 saturated heterocycles. The van der Waals surface area contributed by atoms with Gasteiger partial charge in [-0.05, 0) is 12.1 Å². The van der Waals surface area contributed by atoms with Crippen LogP contribution in [0, 0.1) is 0 Å². The van der Waals surface area contributed by atoms with Crippen molar-refractivity contribution in [1.29, 1.82) is 0 Å². The molecular formula is C8H7BrClNO2. The Balaban J connectivity index is 3.33. The van der Waals surface area contributed by atoms with Crippen LogP contribution in [0.3, 0.4) is 0 Å². The predicted octanol–water partition coefficient (Wildman–Crippen LogP) is 2.21. The third-order valence-electron chi connectivity index (χ3n) is 1.55. The Morgan fingerprint density at radius 2 is 2.23 bits per heavy atom. The second-order valence-corrected chi connectivity index (χ2v) is 3.36. The average Bonchev–Trinajstić information content (AvgIpc) is 2.12. The minimum atomic E-state index is -0.296. The van der Waals surface area contributed by atoms with Gasteiger partial charge in [-0.15, -0.1) is 0 Å². The average molecular weight is 265 g/mol. The summed E-state index contributed by atoms with van der Waals surface area (Å²) in [5.74, 6) is -0.446. The van der Waals surface area contributed by atoms with Crippen LogP contribution in [-0.2, 0) is 0 Å². The first kappa shape index (κ1) is 10.3. The number of alkyl halides is 1. The zero-order valence-corrected chi connectivity index (χ0v) is 8.89. The summed E-state index contributed by atoms with van der Waals surface area (Å²) >= 11 is 8.73. The van der Waals surface area contributed by atoms with Gasteiger partial charge in [0.05, 0.1) is 21.6 Å². The van der Waals surface area contributed by atoms with E-state index in [0.29, 0.717) is 0 Å². The summed E-state index contributed by atoms with van der Waals surface area (Å²) in [5.41, 5.74) is 5.82. The fourth-order valence-corrected chi connectivity index (χ4v) is 1.46. The van der Waals surface area contributed by atoms with Crippen molar-refractivity contribution in [1.82, 2.24) is 0 Å². The van der Waals surface area contributed by atoms with Crippen molar-refractivity contribution in [2.45, 2.75) is 0 Å². The van der Waals surface area contributed by atoms with Crippen LogP contribution in [0.4, 0.5) is 5.69 Å².